The Morgan fingerprint density at radius 1 is 1.12 bits per heavy atom. The van der Waals surface area contributed by atoms with E-state index in [0.717, 1.165) is 24.3 Å². The number of amides is 1. The molecule has 128 valence electrons. The van der Waals surface area contributed by atoms with Crippen LogP contribution >= 0.6 is 23.4 Å². The van der Waals surface area contributed by atoms with Gasteiger partial charge in [-0.3, -0.25) is 4.79 Å². The molecule has 0 heterocycles. The zero-order valence-electron chi connectivity index (χ0n) is 12.7. The van der Waals surface area contributed by atoms with Gasteiger partial charge in [-0.1, -0.05) is 17.7 Å². The van der Waals surface area contributed by atoms with Crippen molar-refractivity contribution in [1.82, 2.24) is 0 Å². The second-order valence-electron chi connectivity index (χ2n) is 4.85. The molecule has 2 aromatic rings. The normalized spacial score (nSPS) is 10.5. The van der Waals surface area contributed by atoms with Gasteiger partial charge < -0.3 is 10.1 Å². The molecule has 1 amide bonds. The summed E-state index contributed by atoms with van der Waals surface area (Å²) in [4.78, 5) is 11.7. The summed E-state index contributed by atoms with van der Waals surface area (Å²) in [6.45, 7) is 0.512. The molecule has 0 spiro atoms. The summed E-state index contributed by atoms with van der Waals surface area (Å²) in [5.41, 5.74) is -0.408. The summed E-state index contributed by atoms with van der Waals surface area (Å²) in [5, 5.41) is 2.90. The smallest absolute Gasteiger partial charge is 0.234 e. The highest BCUT2D eigenvalue weighted by molar-refractivity contribution is 7.99. The first-order valence-electron chi connectivity index (χ1n) is 7.26. The summed E-state index contributed by atoms with van der Waals surface area (Å²) in [7, 11) is 0. The highest BCUT2D eigenvalue weighted by Gasteiger charge is 2.11. The number of ether oxygens (including phenoxy) is 1. The lowest BCUT2D eigenvalue weighted by atomic mass is 10.3. The Bertz CT molecular complexity index is 663. The van der Waals surface area contributed by atoms with Gasteiger partial charge >= 0.3 is 0 Å². The number of hydrogen-bond donors (Lipinski definition) is 1. The van der Waals surface area contributed by atoms with Crippen LogP contribution < -0.4 is 10.1 Å². The van der Waals surface area contributed by atoms with Crippen molar-refractivity contribution in [3.05, 3.63) is 59.1 Å². The minimum atomic E-state index is -0.787. The van der Waals surface area contributed by atoms with Crippen LogP contribution in [-0.2, 0) is 4.79 Å². The number of nitrogens with one attached hydrogen (secondary N) is 1. The highest BCUT2D eigenvalue weighted by atomic mass is 35.5. The van der Waals surface area contributed by atoms with E-state index in [4.69, 9.17) is 16.3 Å². The molecule has 0 bridgehead atoms. The third-order valence-corrected chi connectivity index (χ3v) is 4.27. The predicted molar refractivity (Wildman–Crippen MR) is 93.9 cm³/mol. The summed E-state index contributed by atoms with van der Waals surface area (Å²) in [5.74, 6) is -0.468. The second-order valence-corrected chi connectivity index (χ2v) is 6.39. The molecule has 0 aliphatic rings. The van der Waals surface area contributed by atoms with Crippen molar-refractivity contribution in [3.8, 4) is 5.75 Å². The van der Waals surface area contributed by atoms with E-state index < -0.39 is 23.2 Å². The van der Waals surface area contributed by atoms with Crippen LogP contribution in [0.4, 0.5) is 14.5 Å². The molecule has 2 rings (SSSR count). The van der Waals surface area contributed by atoms with E-state index in [2.05, 4.69) is 5.32 Å². The van der Waals surface area contributed by atoms with E-state index in [9.17, 15) is 13.6 Å². The van der Waals surface area contributed by atoms with Crippen LogP contribution in [0, 0.1) is 11.6 Å². The van der Waals surface area contributed by atoms with Gasteiger partial charge in [0, 0.05) is 5.02 Å². The lowest BCUT2D eigenvalue weighted by molar-refractivity contribution is -0.113. The molecule has 0 saturated heterocycles. The zero-order valence-corrected chi connectivity index (χ0v) is 14.3. The number of carbonyl (C=O) groups is 1. The predicted octanol–water partition coefficient (Wildman–Crippen LogP) is 4.76. The van der Waals surface area contributed by atoms with Gasteiger partial charge in [0.05, 0.1) is 12.4 Å². The number of hydrogen-bond acceptors (Lipinski definition) is 3. The Labute approximate surface area is 148 Å². The Balaban J connectivity index is 1.62. The van der Waals surface area contributed by atoms with Gasteiger partial charge in [-0.2, -0.15) is 11.8 Å². The molecular formula is C17H16ClF2NO2S. The van der Waals surface area contributed by atoms with E-state index in [1.54, 1.807) is 24.3 Å². The first-order chi connectivity index (χ1) is 11.6. The molecule has 7 heteroatoms. The Hall–Kier alpha value is -1.79. The molecule has 0 fully saturated rings. The van der Waals surface area contributed by atoms with Gasteiger partial charge in [0.1, 0.15) is 23.1 Å². The van der Waals surface area contributed by atoms with Crippen LogP contribution in [0.25, 0.3) is 0 Å². The van der Waals surface area contributed by atoms with Crippen LogP contribution in [0.15, 0.2) is 42.5 Å². The fraction of sp³-hybridized carbons (Fsp3) is 0.235. The molecular weight excluding hydrogens is 356 g/mol. The molecule has 0 atom stereocenters. The van der Waals surface area contributed by atoms with Crippen LogP contribution in [0.5, 0.6) is 5.75 Å². The molecule has 3 nitrogen and oxygen atoms in total. The molecule has 0 aliphatic carbocycles. The molecule has 2 aromatic carbocycles. The Kier molecular flexibility index (Phi) is 7.34. The minimum Gasteiger partial charge on any atom is -0.494 e. The molecule has 0 radical (unpaired) electrons. The third-order valence-electron chi connectivity index (χ3n) is 2.98. The Morgan fingerprint density at radius 3 is 2.46 bits per heavy atom. The fourth-order valence-electron chi connectivity index (χ4n) is 1.84. The lowest BCUT2D eigenvalue weighted by Crippen LogP contribution is -2.16. The number of anilines is 1. The number of rotatable bonds is 8. The topological polar surface area (TPSA) is 38.3 Å². The van der Waals surface area contributed by atoms with Crippen molar-refractivity contribution in [2.45, 2.75) is 6.42 Å². The molecule has 24 heavy (non-hydrogen) atoms. The molecule has 0 aromatic heterocycles. The highest BCUT2D eigenvalue weighted by Crippen LogP contribution is 2.19. The standard InChI is InChI=1S/C17H16ClF2NO2S/c18-12-5-7-13(8-6-12)23-9-2-10-24-11-16(22)21-17-14(19)3-1-4-15(17)20/h1,3-8H,2,9-11H2,(H,21,22). The molecule has 0 saturated carbocycles. The van der Waals surface area contributed by atoms with Crippen molar-refractivity contribution >= 4 is 35.0 Å². The van der Waals surface area contributed by atoms with Crippen molar-refractivity contribution in [1.29, 1.82) is 0 Å². The number of para-hydroxylation sites is 1. The second kappa shape index (κ2) is 9.49. The van der Waals surface area contributed by atoms with E-state index in [1.807, 2.05) is 0 Å². The molecule has 1 N–H and O–H groups in total. The number of thioether (sulfide) groups is 1. The van der Waals surface area contributed by atoms with Gasteiger partial charge in [0.2, 0.25) is 5.91 Å². The van der Waals surface area contributed by atoms with Crippen molar-refractivity contribution in [2.24, 2.45) is 0 Å². The quantitative estimate of drug-likeness (QED) is 0.680. The number of halogens is 3. The summed E-state index contributed by atoms with van der Waals surface area (Å²) < 4.78 is 32.3. The van der Waals surface area contributed by atoms with Crippen LogP contribution in [0.1, 0.15) is 6.42 Å². The summed E-state index contributed by atoms with van der Waals surface area (Å²) in [6.07, 6.45) is 0.745. The maximum Gasteiger partial charge on any atom is 0.234 e. The van der Waals surface area contributed by atoms with Gasteiger partial charge in [-0.15, -0.1) is 0 Å². The van der Waals surface area contributed by atoms with Gasteiger partial charge in [0.15, 0.2) is 0 Å². The Morgan fingerprint density at radius 2 is 1.79 bits per heavy atom. The zero-order chi connectivity index (χ0) is 17.4. The van der Waals surface area contributed by atoms with E-state index in [1.165, 1.54) is 17.8 Å². The first kappa shape index (κ1) is 18.5. The third kappa shape index (κ3) is 6.02. The summed E-state index contributed by atoms with van der Waals surface area (Å²) >= 11 is 7.15. The summed E-state index contributed by atoms with van der Waals surface area (Å²) in [6, 6.07) is 10.5. The average Bonchev–Trinajstić information content (AvgIpc) is 2.56. The molecule has 0 aliphatic heterocycles. The van der Waals surface area contributed by atoms with Crippen molar-refractivity contribution in [2.75, 3.05) is 23.4 Å². The van der Waals surface area contributed by atoms with Crippen LogP contribution in [0.3, 0.4) is 0 Å². The fourth-order valence-corrected chi connectivity index (χ4v) is 2.69. The minimum absolute atomic E-state index is 0.120. The van der Waals surface area contributed by atoms with Crippen LogP contribution in [0.2, 0.25) is 5.02 Å². The van der Waals surface area contributed by atoms with Crippen molar-refractivity contribution in [3.63, 3.8) is 0 Å². The van der Waals surface area contributed by atoms with Crippen molar-refractivity contribution < 1.29 is 18.3 Å². The van der Waals surface area contributed by atoms with E-state index in [0.29, 0.717) is 17.4 Å². The SMILES string of the molecule is O=C(CSCCCOc1ccc(Cl)cc1)Nc1c(F)cccc1F. The maximum atomic E-state index is 13.4. The van der Waals surface area contributed by atoms with Crippen LogP contribution in [-0.4, -0.2) is 24.0 Å². The monoisotopic (exact) mass is 371 g/mol. The number of benzene rings is 2. The molecule has 0 unspecified atom stereocenters. The van der Waals surface area contributed by atoms with Gasteiger partial charge in [0.25, 0.3) is 0 Å². The van der Waals surface area contributed by atoms with Gasteiger partial charge in [-0.25, -0.2) is 8.78 Å². The van der Waals surface area contributed by atoms with Gasteiger partial charge in [-0.05, 0) is 48.6 Å². The maximum absolute atomic E-state index is 13.4. The first-order valence-corrected chi connectivity index (χ1v) is 8.79. The lowest BCUT2D eigenvalue weighted by Gasteiger charge is -2.08. The van der Waals surface area contributed by atoms with E-state index >= 15 is 0 Å². The van der Waals surface area contributed by atoms with E-state index in [-0.39, 0.29) is 5.75 Å². The largest absolute Gasteiger partial charge is 0.494 e. The number of carbonyl (C=O) groups excluding carboxylic acids is 1. The average molecular weight is 372 g/mol.